The Bertz CT molecular complexity index is 684. The maximum absolute atomic E-state index is 11.9. The van der Waals surface area contributed by atoms with Crippen LogP contribution in [0, 0.1) is 6.92 Å². The number of nitrogens with zero attached hydrogens (tertiary/aromatic N) is 2. The molecule has 0 saturated carbocycles. The number of hydrogen-bond donors (Lipinski definition) is 2. The number of amides is 2. The first-order valence-electron chi connectivity index (χ1n) is 7.16. The van der Waals surface area contributed by atoms with E-state index in [1.807, 2.05) is 6.92 Å². The zero-order chi connectivity index (χ0) is 16.7. The molecule has 0 aliphatic carbocycles. The Kier molecular flexibility index (Phi) is 5.67. The Labute approximate surface area is 133 Å². The second-order valence-corrected chi connectivity index (χ2v) is 4.65. The van der Waals surface area contributed by atoms with E-state index in [1.54, 1.807) is 31.2 Å². The van der Waals surface area contributed by atoms with Gasteiger partial charge in [0.1, 0.15) is 12.2 Å². The Morgan fingerprint density at radius 1 is 1.22 bits per heavy atom. The molecule has 1 aromatic heterocycles. The van der Waals surface area contributed by atoms with Crippen molar-refractivity contribution in [3.8, 4) is 5.75 Å². The first-order valence-corrected chi connectivity index (χ1v) is 7.16. The minimum atomic E-state index is -0.438. The highest BCUT2D eigenvalue weighted by molar-refractivity contribution is 6.04. The quantitative estimate of drug-likeness (QED) is 0.748. The van der Waals surface area contributed by atoms with Gasteiger partial charge in [0.2, 0.25) is 23.6 Å². The van der Waals surface area contributed by atoms with Crippen molar-refractivity contribution in [2.24, 2.45) is 0 Å². The molecule has 0 spiro atoms. The minimum Gasteiger partial charge on any atom is -0.492 e. The van der Waals surface area contributed by atoms with Gasteiger partial charge in [-0.1, -0.05) is 12.1 Å². The number of hydrogen-bond acceptors (Lipinski definition) is 6. The van der Waals surface area contributed by atoms with Gasteiger partial charge in [-0.25, -0.2) is 0 Å². The second kappa shape index (κ2) is 7.92. The van der Waals surface area contributed by atoms with Gasteiger partial charge in [0.25, 0.3) is 0 Å². The van der Waals surface area contributed by atoms with Crippen molar-refractivity contribution in [2.75, 3.05) is 11.9 Å². The maximum Gasteiger partial charge on any atom is 0.235 e. The van der Waals surface area contributed by atoms with E-state index in [2.05, 4.69) is 20.8 Å². The lowest BCUT2D eigenvalue weighted by atomic mass is 10.2. The van der Waals surface area contributed by atoms with Gasteiger partial charge < -0.3 is 19.8 Å². The summed E-state index contributed by atoms with van der Waals surface area (Å²) in [5, 5.41) is 12.6. The number of nitrogens with one attached hydrogen (secondary N) is 2. The molecule has 0 radical (unpaired) electrons. The van der Waals surface area contributed by atoms with Crippen LogP contribution in [0.5, 0.6) is 5.75 Å². The van der Waals surface area contributed by atoms with Crippen LogP contribution in [0.1, 0.15) is 25.1 Å². The molecule has 2 N–H and O–H groups in total. The number of rotatable bonds is 7. The van der Waals surface area contributed by atoms with Gasteiger partial charge in [0.05, 0.1) is 18.8 Å². The number of para-hydroxylation sites is 2. The molecular weight excluding hydrogens is 300 g/mol. The summed E-state index contributed by atoms with van der Waals surface area (Å²) < 4.78 is 10.5. The van der Waals surface area contributed by atoms with Gasteiger partial charge in [0, 0.05) is 6.92 Å². The number of carbonyl (C=O) groups is 2. The van der Waals surface area contributed by atoms with Crippen molar-refractivity contribution in [3.05, 3.63) is 36.0 Å². The standard InChI is InChI=1S/C15H18N4O4/c1-3-22-12-7-5-4-6-11(12)17-14(21)8-13(20)16-9-15-19-18-10(2)23-15/h4-7H,3,8-9H2,1-2H3,(H,16,20)(H,17,21). The van der Waals surface area contributed by atoms with Gasteiger partial charge in [0.15, 0.2) is 0 Å². The molecule has 0 unspecified atom stereocenters. The van der Waals surface area contributed by atoms with Crippen molar-refractivity contribution in [1.29, 1.82) is 0 Å². The summed E-state index contributed by atoms with van der Waals surface area (Å²) in [5.74, 6) is 0.395. The lowest BCUT2D eigenvalue weighted by Gasteiger charge is -2.11. The first kappa shape index (κ1) is 16.5. The highest BCUT2D eigenvalue weighted by Gasteiger charge is 2.13. The molecular formula is C15H18N4O4. The molecule has 8 heteroatoms. The summed E-state index contributed by atoms with van der Waals surface area (Å²) in [4.78, 5) is 23.7. The molecule has 0 saturated heterocycles. The van der Waals surface area contributed by atoms with E-state index in [4.69, 9.17) is 9.15 Å². The van der Waals surface area contributed by atoms with Crippen LogP contribution >= 0.6 is 0 Å². The first-order chi connectivity index (χ1) is 11.1. The molecule has 0 aliphatic rings. The van der Waals surface area contributed by atoms with E-state index in [0.717, 1.165) is 0 Å². The highest BCUT2D eigenvalue weighted by Crippen LogP contribution is 2.23. The van der Waals surface area contributed by atoms with E-state index in [0.29, 0.717) is 23.9 Å². The van der Waals surface area contributed by atoms with Crippen molar-refractivity contribution < 1.29 is 18.7 Å². The number of benzene rings is 1. The van der Waals surface area contributed by atoms with E-state index in [9.17, 15) is 9.59 Å². The second-order valence-electron chi connectivity index (χ2n) is 4.65. The molecule has 2 aromatic rings. The zero-order valence-electron chi connectivity index (χ0n) is 13.0. The lowest BCUT2D eigenvalue weighted by Crippen LogP contribution is -2.28. The molecule has 8 nitrogen and oxygen atoms in total. The summed E-state index contributed by atoms with van der Waals surface area (Å²) in [7, 11) is 0. The van der Waals surface area contributed by atoms with Gasteiger partial charge in [-0.2, -0.15) is 0 Å². The smallest absolute Gasteiger partial charge is 0.235 e. The zero-order valence-corrected chi connectivity index (χ0v) is 13.0. The lowest BCUT2D eigenvalue weighted by molar-refractivity contribution is -0.127. The molecule has 0 aliphatic heterocycles. The fourth-order valence-electron chi connectivity index (χ4n) is 1.84. The number of aryl methyl sites for hydroxylation is 1. The van der Waals surface area contributed by atoms with Crippen LogP contribution in [0.25, 0.3) is 0 Å². The summed E-state index contributed by atoms with van der Waals surface area (Å²) in [5.41, 5.74) is 0.527. The molecule has 2 amide bonds. The Morgan fingerprint density at radius 3 is 2.70 bits per heavy atom. The third-order valence-corrected chi connectivity index (χ3v) is 2.79. The monoisotopic (exact) mass is 318 g/mol. The molecule has 2 rings (SSSR count). The number of ether oxygens (including phenoxy) is 1. The largest absolute Gasteiger partial charge is 0.492 e. The molecule has 0 fully saturated rings. The van der Waals surface area contributed by atoms with Crippen LogP contribution in [0.15, 0.2) is 28.7 Å². The van der Waals surface area contributed by atoms with Crippen molar-refractivity contribution in [2.45, 2.75) is 26.8 Å². The van der Waals surface area contributed by atoms with Crippen LogP contribution < -0.4 is 15.4 Å². The summed E-state index contributed by atoms with van der Waals surface area (Å²) in [6.45, 7) is 4.08. The van der Waals surface area contributed by atoms with Gasteiger partial charge in [-0.3, -0.25) is 9.59 Å². The predicted molar refractivity (Wildman–Crippen MR) is 81.7 cm³/mol. The van der Waals surface area contributed by atoms with Crippen LogP contribution in [-0.4, -0.2) is 28.6 Å². The third-order valence-electron chi connectivity index (χ3n) is 2.79. The SMILES string of the molecule is CCOc1ccccc1NC(=O)CC(=O)NCc1nnc(C)o1. The van der Waals surface area contributed by atoms with E-state index in [1.165, 1.54) is 0 Å². The Balaban J connectivity index is 1.83. The van der Waals surface area contributed by atoms with E-state index >= 15 is 0 Å². The Morgan fingerprint density at radius 2 is 2.00 bits per heavy atom. The van der Waals surface area contributed by atoms with E-state index < -0.39 is 11.8 Å². The summed E-state index contributed by atoms with van der Waals surface area (Å²) >= 11 is 0. The van der Waals surface area contributed by atoms with Gasteiger partial charge in [-0.15, -0.1) is 10.2 Å². The topological polar surface area (TPSA) is 106 Å². The summed E-state index contributed by atoms with van der Waals surface area (Å²) in [6, 6.07) is 7.04. The number of carbonyl (C=O) groups excluding carboxylic acids is 2. The predicted octanol–water partition coefficient (Wildman–Crippen LogP) is 1.42. The molecule has 122 valence electrons. The van der Waals surface area contributed by atoms with Gasteiger partial charge in [-0.05, 0) is 19.1 Å². The van der Waals surface area contributed by atoms with E-state index in [-0.39, 0.29) is 18.9 Å². The van der Waals surface area contributed by atoms with Gasteiger partial charge >= 0.3 is 0 Å². The minimum absolute atomic E-state index is 0.0858. The average Bonchev–Trinajstić information content (AvgIpc) is 2.93. The number of anilines is 1. The normalized spacial score (nSPS) is 10.2. The molecule has 1 heterocycles. The molecule has 0 bridgehead atoms. The highest BCUT2D eigenvalue weighted by atomic mass is 16.5. The summed E-state index contributed by atoms with van der Waals surface area (Å²) in [6.07, 6.45) is -0.312. The molecule has 1 aromatic carbocycles. The van der Waals surface area contributed by atoms with Crippen LogP contribution in [0.2, 0.25) is 0 Å². The number of aromatic nitrogens is 2. The van der Waals surface area contributed by atoms with Crippen molar-refractivity contribution >= 4 is 17.5 Å². The van der Waals surface area contributed by atoms with Crippen LogP contribution in [0.4, 0.5) is 5.69 Å². The van der Waals surface area contributed by atoms with Crippen molar-refractivity contribution in [1.82, 2.24) is 15.5 Å². The maximum atomic E-state index is 11.9. The third kappa shape index (κ3) is 5.10. The Hall–Kier alpha value is -2.90. The fraction of sp³-hybridized carbons (Fsp3) is 0.333. The van der Waals surface area contributed by atoms with Crippen LogP contribution in [-0.2, 0) is 16.1 Å². The van der Waals surface area contributed by atoms with Crippen molar-refractivity contribution in [3.63, 3.8) is 0 Å². The fourth-order valence-corrected chi connectivity index (χ4v) is 1.84. The molecule has 0 atom stereocenters. The molecule has 23 heavy (non-hydrogen) atoms. The average molecular weight is 318 g/mol. The van der Waals surface area contributed by atoms with Crippen LogP contribution in [0.3, 0.4) is 0 Å².